The normalized spacial score (nSPS) is 52.1. The first-order chi connectivity index (χ1) is 5.87. The average Bonchev–Trinajstić information content (AvgIpc) is 2.51. The van der Waals surface area contributed by atoms with Gasteiger partial charge in [-0.25, -0.2) is 0 Å². The fourth-order valence-corrected chi connectivity index (χ4v) is 3.62. The molecule has 0 aromatic carbocycles. The number of hydrogen-bond donors (Lipinski definition) is 1. The summed E-state index contributed by atoms with van der Waals surface area (Å²) in [7, 11) is 0. The molecule has 0 aromatic heterocycles. The summed E-state index contributed by atoms with van der Waals surface area (Å²) in [5.74, 6) is 3.27. The molecule has 0 heterocycles. The first kappa shape index (κ1) is 9.09. The summed E-state index contributed by atoms with van der Waals surface area (Å²) in [4.78, 5) is 0. The van der Waals surface area contributed by atoms with E-state index in [9.17, 15) is 5.11 Å². The molecular weight excluding hydrogens is 160 g/mol. The van der Waals surface area contributed by atoms with Crippen LogP contribution >= 0.6 is 0 Å². The summed E-state index contributed by atoms with van der Waals surface area (Å²) < 4.78 is 0. The predicted molar refractivity (Wildman–Crippen MR) is 53.0 cm³/mol. The summed E-state index contributed by atoms with van der Waals surface area (Å²) in [6.45, 7) is 6.37. The molecule has 1 N–H and O–H groups in total. The molecule has 2 bridgehead atoms. The molecule has 13 heavy (non-hydrogen) atoms. The van der Waals surface area contributed by atoms with Crippen molar-refractivity contribution >= 4 is 0 Å². The van der Waals surface area contributed by atoms with E-state index in [0.717, 1.165) is 12.8 Å². The fourth-order valence-electron chi connectivity index (χ4n) is 3.62. The van der Waals surface area contributed by atoms with E-state index in [2.05, 4.69) is 26.7 Å². The van der Waals surface area contributed by atoms with Gasteiger partial charge in [0.05, 0.1) is 0 Å². The lowest BCUT2D eigenvalue weighted by atomic mass is 9.61. The highest BCUT2D eigenvalue weighted by Gasteiger charge is 2.67. The van der Waals surface area contributed by atoms with E-state index in [4.69, 9.17) is 6.42 Å². The van der Waals surface area contributed by atoms with Crippen LogP contribution in [0.5, 0.6) is 0 Å². The third kappa shape index (κ3) is 0.742. The molecule has 0 spiro atoms. The van der Waals surface area contributed by atoms with Gasteiger partial charge >= 0.3 is 0 Å². The Balaban J connectivity index is 2.53. The largest absolute Gasteiger partial charge is 0.376 e. The van der Waals surface area contributed by atoms with Crippen molar-refractivity contribution in [3.05, 3.63) is 0 Å². The monoisotopic (exact) mass is 178 g/mol. The molecule has 3 atom stereocenters. The second kappa shape index (κ2) is 2.12. The molecule has 2 aliphatic rings. The van der Waals surface area contributed by atoms with Gasteiger partial charge in [0.25, 0.3) is 0 Å². The fraction of sp³-hybridized carbons (Fsp3) is 0.833. The van der Waals surface area contributed by atoms with Gasteiger partial charge in [-0.2, -0.15) is 0 Å². The second-order valence-corrected chi connectivity index (χ2v) is 5.58. The zero-order valence-electron chi connectivity index (χ0n) is 8.72. The third-order valence-electron chi connectivity index (χ3n) is 4.78. The molecule has 2 aliphatic carbocycles. The molecule has 0 radical (unpaired) electrons. The molecule has 0 amide bonds. The van der Waals surface area contributed by atoms with Crippen molar-refractivity contribution < 1.29 is 5.11 Å². The maximum atomic E-state index is 10.5. The first-order valence-electron chi connectivity index (χ1n) is 5.07. The van der Waals surface area contributed by atoms with Crippen molar-refractivity contribution in [3.8, 4) is 12.3 Å². The van der Waals surface area contributed by atoms with Crippen molar-refractivity contribution in [2.45, 2.75) is 45.6 Å². The van der Waals surface area contributed by atoms with Gasteiger partial charge in [0.2, 0.25) is 0 Å². The van der Waals surface area contributed by atoms with Gasteiger partial charge in [0, 0.05) is 10.8 Å². The van der Waals surface area contributed by atoms with Crippen LogP contribution in [-0.2, 0) is 0 Å². The summed E-state index contributed by atoms with van der Waals surface area (Å²) >= 11 is 0. The first-order valence-corrected chi connectivity index (χ1v) is 5.07. The van der Waals surface area contributed by atoms with Gasteiger partial charge in [-0.3, -0.25) is 0 Å². The molecule has 0 aliphatic heterocycles. The Hall–Kier alpha value is -0.480. The molecular formula is C12H18O. The molecule has 0 saturated heterocycles. The van der Waals surface area contributed by atoms with E-state index < -0.39 is 5.60 Å². The van der Waals surface area contributed by atoms with Crippen LogP contribution in [-0.4, -0.2) is 10.7 Å². The lowest BCUT2D eigenvalue weighted by molar-refractivity contribution is -0.0952. The van der Waals surface area contributed by atoms with Crippen LogP contribution < -0.4 is 0 Å². The van der Waals surface area contributed by atoms with Gasteiger partial charge in [-0.15, -0.1) is 6.42 Å². The SMILES string of the molecule is C#C[C@]1(O)C(C)(C)[C@H]2CC[C@@]1(C)C2. The molecule has 0 unspecified atom stereocenters. The van der Waals surface area contributed by atoms with Gasteiger partial charge < -0.3 is 5.11 Å². The third-order valence-corrected chi connectivity index (χ3v) is 4.78. The highest BCUT2D eigenvalue weighted by Crippen LogP contribution is 2.67. The highest BCUT2D eigenvalue weighted by molar-refractivity contribution is 5.29. The van der Waals surface area contributed by atoms with E-state index in [0.29, 0.717) is 5.92 Å². The van der Waals surface area contributed by atoms with Crippen LogP contribution in [0.3, 0.4) is 0 Å². The van der Waals surface area contributed by atoms with E-state index in [-0.39, 0.29) is 10.8 Å². The van der Waals surface area contributed by atoms with Crippen molar-refractivity contribution in [1.29, 1.82) is 0 Å². The average molecular weight is 178 g/mol. The molecule has 2 fully saturated rings. The molecule has 2 rings (SSSR count). The molecule has 1 heteroatoms. The minimum Gasteiger partial charge on any atom is -0.376 e. The lowest BCUT2D eigenvalue weighted by Gasteiger charge is -2.47. The van der Waals surface area contributed by atoms with E-state index in [1.807, 2.05) is 0 Å². The molecule has 2 saturated carbocycles. The lowest BCUT2D eigenvalue weighted by Crippen LogP contribution is -2.52. The maximum absolute atomic E-state index is 10.5. The second-order valence-electron chi connectivity index (χ2n) is 5.58. The van der Waals surface area contributed by atoms with Crippen molar-refractivity contribution in [1.82, 2.24) is 0 Å². The molecule has 1 nitrogen and oxygen atoms in total. The van der Waals surface area contributed by atoms with Crippen LogP contribution in [0.1, 0.15) is 40.0 Å². The highest BCUT2D eigenvalue weighted by atomic mass is 16.3. The topological polar surface area (TPSA) is 20.2 Å². The summed E-state index contributed by atoms with van der Waals surface area (Å²) in [6, 6.07) is 0. The Morgan fingerprint density at radius 2 is 2.00 bits per heavy atom. The van der Waals surface area contributed by atoms with Crippen molar-refractivity contribution in [2.24, 2.45) is 16.7 Å². The predicted octanol–water partition coefficient (Wildman–Crippen LogP) is 2.20. The number of terminal acetylenes is 1. The summed E-state index contributed by atoms with van der Waals surface area (Å²) in [6.07, 6.45) is 8.93. The molecule has 72 valence electrons. The zero-order valence-corrected chi connectivity index (χ0v) is 8.72. The van der Waals surface area contributed by atoms with Gasteiger partial charge in [-0.05, 0) is 25.2 Å². The van der Waals surface area contributed by atoms with Gasteiger partial charge in [-0.1, -0.05) is 26.7 Å². The standard InChI is InChI=1S/C12H18O/c1-5-12(13)10(2,3)9-6-7-11(12,4)8-9/h1,9,13H,6-8H2,2-4H3/t9-,11-,12-/m0/s1. The Kier molecular flexibility index (Phi) is 1.48. The van der Waals surface area contributed by atoms with Crippen LogP contribution in [0.15, 0.2) is 0 Å². The zero-order chi connectivity index (χ0) is 9.91. The number of rotatable bonds is 0. The van der Waals surface area contributed by atoms with E-state index >= 15 is 0 Å². The quantitative estimate of drug-likeness (QED) is 0.564. The van der Waals surface area contributed by atoms with Crippen LogP contribution in [0.25, 0.3) is 0 Å². The van der Waals surface area contributed by atoms with Crippen molar-refractivity contribution in [2.75, 3.05) is 0 Å². The van der Waals surface area contributed by atoms with E-state index in [1.54, 1.807) is 0 Å². The summed E-state index contributed by atoms with van der Waals surface area (Å²) in [5.41, 5.74) is -1.02. The number of fused-ring (bicyclic) bond motifs is 2. The van der Waals surface area contributed by atoms with Gasteiger partial charge in [0.1, 0.15) is 5.60 Å². The Labute approximate surface area is 80.5 Å². The minimum absolute atomic E-state index is 0.0318. The maximum Gasteiger partial charge on any atom is 0.135 e. The Morgan fingerprint density at radius 1 is 1.38 bits per heavy atom. The van der Waals surface area contributed by atoms with Crippen molar-refractivity contribution in [3.63, 3.8) is 0 Å². The molecule has 0 aromatic rings. The van der Waals surface area contributed by atoms with Crippen LogP contribution in [0.4, 0.5) is 0 Å². The summed E-state index contributed by atoms with van der Waals surface area (Å²) in [5, 5.41) is 10.5. The minimum atomic E-state index is -0.886. The Morgan fingerprint density at radius 3 is 2.31 bits per heavy atom. The van der Waals surface area contributed by atoms with Crippen LogP contribution in [0, 0.1) is 29.1 Å². The Bertz CT molecular complexity index is 279. The number of aliphatic hydroxyl groups is 1. The number of hydrogen-bond acceptors (Lipinski definition) is 1. The van der Waals surface area contributed by atoms with Gasteiger partial charge in [0.15, 0.2) is 0 Å². The van der Waals surface area contributed by atoms with E-state index in [1.165, 1.54) is 6.42 Å². The smallest absolute Gasteiger partial charge is 0.135 e. The van der Waals surface area contributed by atoms with Crippen LogP contribution in [0.2, 0.25) is 0 Å².